The summed E-state index contributed by atoms with van der Waals surface area (Å²) in [5.41, 5.74) is 2.39. The molecule has 3 aromatic carbocycles. The Labute approximate surface area is 184 Å². The first-order valence-electron chi connectivity index (χ1n) is 10.2. The molecular formula is C26H24F4O2. The van der Waals surface area contributed by atoms with Crippen molar-refractivity contribution in [2.75, 3.05) is 7.11 Å². The zero-order chi connectivity index (χ0) is 23.5. The molecule has 3 aromatic rings. The maximum Gasteiger partial charge on any atom is 0.416 e. The molecule has 0 aliphatic rings. The molecule has 32 heavy (non-hydrogen) atoms. The second kappa shape index (κ2) is 9.55. The molecule has 0 fully saturated rings. The highest BCUT2D eigenvalue weighted by atomic mass is 19.4. The minimum atomic E-state index is -4.43. The van der Waals surface area contributed by atoms with Gasteiger partial charge in [0.1, 0.15) is 5.82 Å². The molecule has 6 heteroatoms. The number of carbonyl (C=O) groups excluding carboxylic acids is 1. The van der Waals surface area contributed by atoms with Crippen molar-refractivity contribution in [1.29, 1.82) is 0 Å². The minimum absolute atomic E-state index is 0.200. The number of halogens is 4. The lowest BCUT2D eigenvalue weighted by molar-refractivity contribution is -0.143. The van der Waals surface area contributed by atoms with E-state index in [0.717, 1.165) is 12.1 Å². The number of hydrogen-bond donors (Lipinski definition) is 0. The van der Waals surface area contributed by atoms with Crippen molar-refractivity contribution in [1.82, 2.24) is 0 Å². The van der Waals surface area contributed by atoms with Crippen molar-refractivity contribution in [3.63, 3.8) is 0 Å². The first-order chi connectivity index (χ1) is 15.1. The van der Waals surface area contributed by atoms with Gasteiger partial charge in [-0.25, -0.2) is 4.39 Å². The van der Waals surface area contributed by atoms with Gasteiger partial charge in [-0.2, -0.15) is 13.2 Å². The predicted molar refractivity (Wildman–Crippen MR) is 116 cm³/mol. The number of methoxy groups -OCH3 is 1. The smallest absolute Gasteiger partial charge is 0.416 e. The van der Waals surface area contributed by atoms with E-state index in [1.165, 1.54) is 31.4 Å². The minimum Gasteiger partial charge on any atom is -0.469 e. The quantitative estimate of drug-likeness (QED) is 0.291. The van der Waals surface area contributed by atoms with E-state index in [-0.39, 0.29) is 5.92 Å². The van der Waals surface area contributed by atoms with E-state index in [9.17, 15) is 22.4 Å². The van der Waals surface area contributed by atoms with Crippen LogP contribution >= 0.6 is 0 Å². The van der Waals surface area contributed by atoms with Gasteiger partial charge in [-0.1, -0.05) is 50.2 Å². The molecule has 0 aliphatic heterocycles. The van der Waals surface area contributed by atoms with E-state index in [4.69, 9.17) is 4.74 Å². The summed E-state index contributed by atoms with van der Waals surface area (Å²) in [6.07, 6.45) is -3.90. The standard InChI is InChI=1S/C26H24F4O2/c1-16(2)11-24(25(31)32-3)21-13-19(17-7-9-22(10-8-17)26(28,29)30)12-20(14-21)18-5-4-6-23(27)15-18/h4-10,12-16,24H,11H2,1-3H3. The number of carbonyl (C=O) groups is 1. The maximum absolute atomic E-state index is 13.9. The predicted octanol–water partition coefficient (Wildman–Crippen LogP) is 7.48. The largest absolute Gasteiger partial charge is 0.469 e. The fraction of sp³-hybridized carbons (Fsp3) is 0.269. The van der Waals surface area contributed by atoms with Crippen molar-refractivity contribution >= 4 is 5.97 Å². The highest BCUT2D eigenvalue weighted by Crippen LogP contribution is 2.36. The van der Waals surface area contributed by atoms with Crippen molar-refractivity contribution in [2.24, 2.45) is 5.92 Å². The fourth-order valence-corrected chi connectivity index (χ4v) is 3.69. The molecule has 0 N–H and O–H groups in total. The first kappa shape index (κ1) is 23.5. The van der Waals surface area contributed by atoms with Gasteiger partial charge >= 0.3 is 12.1 Å². The van der Waals surface area contributed by atoms with Crippen LogP contribution in [-0.4, -0.2) is 13.1 Å². The summed E-state index contributed by atoms with van der Waals surface area (Å²) in [4.78, 5) is 12.5. The van der Waals surface area contributed by atoms with Gasteiger partial charge in [-0.3, -0.25) is 4.79 Å². The van der Waals surface area contributed by atoms with Gasteiger partial charge in [-0.05, 0) is 70.5 Å². The van der Waals surface area contributed by atoms with Crippen LogP contribution in [0.2, 0.25) is 0 Å². The summed E-state index contributed by atoms with van der Waals surface area (Å²) in [6, 6.07) is 16.3. The topological polar surface area (TPSA) is 26.3 Å². The van der Waals surface area contributed by atoms with Crippen LogP contribution in [0.4, 0.5) is 17.6 Å². The molecule has 0 bridgehead atoms. The van der Waals surface area contributed by atoms with Gasteiger partial charge in [0.25, 0.3) is 0 Å². The number of rotatable bonds is 6. The highest BCUT2D eigenvalue weighted by molar-refractivity contribution is 5.81. The third kappa shape index (κ3) is 5.55. The average molecular weight is 444 g/mol. The van der Waals surface area contributed by atoms with Crippen LogP contribution in [0.5, 0.6) is 0 Å². The van der Waals surface area contributed by atoms with Crippen LogP contribution in [0.25, 0.3) is 22.3 Å². The Morgan fingerprint density at radius 1 is 0.875 bits per heavy atom. The lowest BCUT2D eigenvalue weighted by Crippen LogP contribution is -2.16. The van der Waals surface area contributed by atoms with Crippen LogP contribution in [0.3, 0.4) is 0 Å². The zero-order valence-electron chi connectivity index (χ0n) is 18.0. The van der Waals surface area contributed by atoms with E-state index >= 15 is 0 Å². The van der Waals surface area contributed by atoms with Crippen molar-refractivity contribution in [2.45, 2.75) is 32.4 Å². The second-order valence-electron chi connectivity index (χ2n) is 8.13. The van der Waals surface area contributed by atoms with E-state index in [1.54, 1.807) is 24.3 Å². The molecule has 3 rings (SSSR count). The Balaban J connectivity index is 2.17. The van der Waals surface area contributed by atoms with Gasteiger partial charge in [0.15, 0.2) is 0 Å². The van der Waals surface area contributed by atoms with Gasteiger partial charge in [0, 0.05) is 0 Å². The third-order valence-corrected chi connectivity index (χ3v) is 5.25. The summed E-state index contributed by atoms with van der Waals surface area (Å²) in [5.74, 6) is -1.16. The molecule has 0 aliphatic carbocycles. The summed E-state index contributed by atoms with van der Waals surface area (Å²) < 4.78 is 57.8. The molecule has 0 spiro atoms. The van der Waals surface area contributed by atoms with Crippen LogP contribution in [-0.2, 0) is 15.7 Å². The Morgan fingerprint density at radius 3 is 2.03 bits per heavy atom. The Bertz CT molecular complexity index is 1090. The van der Waals surface area contributed by atoms with E-state index in [0.29, 0.717) is 34.2 Å². The van der Waals surface area contributed by atoms with Crippen LogP contribution in [0.1, 0.15) is 37.3 Å². The van der Waals surface area contributed by atoms with Gasteiger partial charge in [0.2, 0.25) is 0 Å². The maximum atomic E-state index is 13.9. The molecular weight excluding hydrogens is 420 g/mol. The second-order valence-corrected chi connectivity index (χ2v) is 8.13. The number of benzene rings is 3. The Morgan fingerprint density at radius 2 is 1.50 bits per heavy atom. The molecule has 0 saturated carbocycles. The Hall–Kier alpha value is -3.15. The molecule has 0 amide bonds. The zero-order valence-corrected chi connectivity index (χ0v) is 18.0. The SMILES string of the molecule is COC(=O)C(CC(C)C)c1cc(-c2ccc(C(F)(F)F)cc2)cc(-c2cccc(F)c2)c1. The number of ether oxygens (including phenoxy) is 1. The highest BCUT2D eigenvalue weighted by Gasteiger charge is 2.30. The van der Waals surface area contributed by atoms with E-state index in [2.05, 4.69) is 0 Å². The van der Waals surface area contributed by atoms with Crippen LogP contribution in [0, 0.1) is 11.7 Å². The van der Waals surface area contributed by atoms with Crippen molar-refractivity contribution in [3.05, 3.63) is 83.7 Å². The average Bonchev–Trinajstić information content (AvgIpc) is 2.76. The molecule has 1 atom stereocenters. The lowest BCUT2D eigenvalue weighted by atomic mass is 9.86. The summed E-state index contributed by atoms with van der Waals surface area (Å²) in [5, 5.41) is 0. The molecule has 1 unspecified atom stereocenters. The van der Waals surface area contributed by atoms with Crippen molar-refractivity contribution in [3.8, 4) is 22.3 Å². The van der Waals surface area contributed by atoms with Crippen molar-refractivity contribution < 1.29 is 27.1 Å². The molecule has 0 radical (unpaired) electrons. The molecule has 0 saturated heterocycles. The number of esters is 1. The lowest BCUT2D eigenvalue weighted by Gasteiger charge is -2.20. The molecule has 0 aromatic heterocycles. The normalized spacial score (nSPS) is 12.6. The molecule has 2 nitrogen and oxygen atoms in total. The third-order valence-electron chi connectivity index (χ3n) is 5.25. The Kier molecular flexibility index (Phi) is 7.02. The number of alkyl halides is 3. The monoisotopic (exact) mass is 444 g/mol. The molecule has 168 valence electrons. The van der Waals surface area contributed by atoms with Gasteiger partial charge in [0.05, 0.1) is 18.6 Å². The summed E-state index contributed by atoms with van der Waals surface area (Å²) >= 11 is 0. The van der Waals surface area contributed by atoms with Crippen LogP contribution in [0.15, 0.2) is 66.7 Å². The van der Waals surface area contributed by atoms with E-state index < -0.39 is 29.4 Å². The fourth-order valence-electron chi connectivity index (χ4n) is 3.69. The first-order valence-corrected chi connectivity index (χ1v) is 10.2. The number of hydrogen-bond acceptors (Lipinski definition) is 2. The van der Waals surface area contributed by atoms with Crippen LogP contribution < -0.4 is 0 Å². The molecule has 0 heterocycles. The van der Waals surface area contributed by atoms with Gasteiger partial charge in [-0.15, -0.1) is 0 Å². The van der Waals surface area contributed by atoms with Gasteiger partial charge < -0.3 is 4.74 Å². The van der Waals surface area contributed by atoms with E-state index in [1.807, 2.05) is 19.9 Å². The summed E-state index contributed by atoms with van der Waals surface area (Å²) in [6.45, 7) is 3.98. The summed E-state index contributed by atoms with van der Waals surface area (Å²) in [7, 11) is 1.32.